The first-order valence-corrected chi connectivity index (χ1v) is 12.8. The lowest BCUT2D eigenvalue weighted by Crippen LogP contribution is -2.38. The highest BCUT2D eigenvalue weighted by molar-refractivity contribution is 9.10. The molecule has 4 aromatic rings. The highest BCUT2D eigenvalue weighted by Crippen LogP contribution is 2.27. The molecule has 1 fully saturated rings. The highest BCUT2D eigenvalue weighted by Gasteiger charge is 2.18. The van der Waals surface area contributed by atoms with Gasteiger partial charge in [-0.3, -0.25) is 4.79 Å². The number of hydrogen-bond donors (Lipinski definition) is 2. The Labute approximate surface area is 211 Å². The molecule has 0 spiro atoms. The normalized spacial score (nSPS) is 14.2. The van der Waals surface area contributed by atoms with E-state index in [9.17, 15) is 4.79 Å². The standard InChI is InChI=1S/C24H28BrN9O/c1-3-16(6-4-7-20(35)26-2)29-23-27-14-18-21(25)32-34(22(18)31-23)17-8-9-19-15(12-17)13-28-24(30-19)33-10-5-11-33/h8-9,12-14,16H,3-7,10-11H2,1-2H3,(H,26,35)(H,27,29,31)/t16-/m0/s1. The molecule has 1 aliphatic heterocycles. The molecule has 1 aromatic carbocycles. The minimum Gasteiger partial charge on any atom is -0.359 e. The van der Waals surface area contributed by atoms with Crippen LogP contribution in [0.3, 0.4) is 0 Å². The van der Waals surface area contributed by atoms with E-state index in [1.807, 2.05) is 29.1 Å². The van der Waals surface area contributed by atoms with E-state index in [1.54, 1.807) is 13.2 Å². The number of benzene rings is 1. The Morgan fingerprint density at radius 3 is 2.80 bits per heavy atom. The van der Waals surface area contributed by atoms with Gasteiger partial charge in [0.05, 0.1) is 16.6 Å². The van der Waals surface area contributed by atoms with Crippen molar-refractivity contribution in [2.75, 3.05) is 30.4 Å². The van der Waals surface area contributed by atoms with Gasteiger partial charge in [0.2, 0.25) is 17.8 Å². The zero-order valence-electron chi connectivity index (χ0n) is 19.8. The summed E-state index contributed by atoms with van der Waals surface area (Å²) < 4.78 is 2.49. The molecule has 1 aliphatic rings. The zero-order chi connectivity index (χ0) is 24.4. The summed E-state index contributed by atoms with van der Waals surface area (Å²) in [6.07, 6.45) is 7.91. The molecule has 1 saturated heterocycles. The van der Waals surface area contributed by atoms with Crippen LogP contribution in [0.4, 0.5) is 11.9 Å². The molecule has 11 heteroatoms. The maximum absolute atomic E-state index is 11.5. The molecule has 2 N–H and O–H groups in total. The van der Waals surface area contributed by atoms with E-state index in [1.165, 1.54) is 6.42 Å². The first-order chi connectivity index (χ1) is 17.1. The fraction of sp³-hybridized carbons (Fsp3) is 0.417. The minimum atomic E-state index is 0.0591. The summed E-state index contributed by atoms with van der Waals surface area (Å²) in [7, 11) is 1.66. The largest absolute Gasteiger partial charge is 0.359 e. The van der Waals surface area contributed by atoms with E-state index in [-0.39, 0.29) is 11.9 Å². The number of aromatic nitrogens is 6. The van der Waals surface area contributed by atoms with Gasteiger partial charge in [0.25, 0.3) is 0 Å². The van der Waals surface area contributed by atoms with Crippen LogP contribution in [0.25, 0.3) is 27.6 Å². The fourth-order valence-electron chi connectivity index (χ4n) is 4.12. The lowest BCUT2D eigenvalue weighted by molar-refractivity contribution is -0.120. The average molecular weight is 538 g/mol. The Balaban J connectivity index is 1.40. The van der Waals surface area contributed by atoms with Crippen molar-refractivity contribution < 1.29 is 4.79 Å². The van der Waals surface area contributed by atoms with Crippen LogP contribution in [-0.4, -0.2) is 61.8 Å². The molecule has 0 saturated carbocycles. The minimum absolute atomic E-state index is 0.0591. The van der Waals surface area contributed by atoms with E-state index in [0.29, 0.717) is 22.6 Å². The second-order valence-corrected chi connectivity index (χ2v) is 9.45. The number of amides is 1. The molecule has 0 bridgehead atoms. The third-order valence-electron chi connectivity index (χ3n) is 6.37. The van der Waals surface area contributed by atoms with Crippen molar-refractivity contribution in [3.63, 3.8) is 0 Å². The Hall–Kier alpha value is -3.34. The molecular weight excluding hydrogens is 510 g/mol. The molecule has 10 nitrogen and oxygen atoms in total. The van der Waals surface area contributed by atoms with Crippen molar-refractivity contribution in [1.82, 2.24) is 35.0 Å². The summed E-state index contributed by atoms with van der Waals surface area (Å²) in [6.45, 7) is 4.14. The summed E-state index contributed by atoms with van der Waals surface area (Å²) in [5.41, 5.74) is 2.48. The van der Waals surface area contributed by atoms with Gasteiger partial charge in [-0.15, -0.1) is 0 Å². The van der Waals surface area contributed by atoms with Crippen molar-refractivity contribution in [2.24, 2.45) is 0 Å². The predicted molar refractivity (Wildman–Crippen MR) is 140 cm³/mol. The van der Waals surface area contributed by atoms with Crippen LogP contribution >= 0.6 is 15.9 Å². The maximum Gasteiger partial charge on any atom is 0.225 e. The van der Waals surface area contributed by atoms with Crippen molar-refractivity contribution in [1.29, 1.82) is 0 Å². The predicted octanol–water partition coefficient (Wildman–Crippen LogP) is 3.84. The van der Waals surface area contributed by atoms with E-state index in [2.05, 4.69) is 53.5 Å². The molecule has 5 rings (SSSR count). The van der Waals surface area contributed by atoms with Gasteiger partial charge in [-0.05, 0) is 59.8 Å². The van der Waals surface area contributed by atoms with Gasteiger partial charge in [0.1, 0.15) is 4.60 Å². The molecule has 3 aromatic heterocycles. The van der Waals surface area contributed by atoms with Gasteiger partial charge in [-0.1, -0.05) is 6.92 Å². The van der Waals surface area contributed by atoms with Crippen LogP contribution in [0, 0.1) is 0 Å². The fourth-order valence-corrected chi connectivity index (χ4v) is 4.56. The third-order valence-corrected chi connectivity index (χ3v) is 6.96. The van der Waals surface area contributed by atoms with Crippen LogP contribution in [-0.2, 0) is 4.79 Å². The number of rotatable bonds is 9. The first-order valence-electron chi connectivity index (χ1n) is 12.0. The van der Waals surface area contributed by atoms with Crippen molar-refractivity contribution in [3.8, 4) is 5.69 Å². The molecule has 1 atom stereocenters. The smallest absolute Gasteiger partial charge is 0.225 e. The molecule has 35 heavy (non-hydrogen) atoms. The van der Waals surface area contributed by atoms with Gasteiger partial charge in [0, 0.05) is 50.4 Å². The Morgan fingerprint density at radius 2 is 2.06 bits per heavy atom. The quantitative estimate of drug-likeness (QED) is 0.331. The van der Waals surface area contributed by atoms with Crippen LogP contribution in [0.2, 0.25) is 0 Å². The van der Waals surface area contributed by atoms with Gasteiger partial charge in [0.15, 0.2) is 5.65 Å². The van der Waals surface area contributed by atoms with Crippen LogP contribution in [0.5, 0.6) is 0 Å². The number of fused-ring (bicyclic) bond motifs is 2. The van der Waals surface area contributed by atoms with Crippen molar-refractivity contribution in [2.45, 2.75) is 45.1 Å². The third kappa shape index (κ3) is 4.90. The number of nitrogens with one attached hydrogen (secondary N) is 2. The molecule has 0 unspecified atom stereocenters. The number of nitrogens with zero attached hydrogens (tertiary/aromatic N) is 7. The van der Waals surface area contributed by atoms with E-state index in [4.69, 9.17) is 9.97 Å². The lowest BCUT2D eigenvalue weighted by atomic mass is 10.1. The van der Waals surface area contributed by atoms with Gasteiger partial charge in [-0.25, -0.2) is 19.6 Å². The molecule has 182 valence electrons. The number of carbonyl (C=O) groups excluding carboxylic acids is 1. The Morgan fingerprint density at radius 1 is 1.20 bits per heavy atom. The second-order valence-electron chi connectivity index (χ2n) is 8.70. The molecule has 1 amide bonds. The Kier molecular flexibility index (Phi) is 6.76. The topological polar surface area (TPSA) is 114 Å². The highest BCUT2D eigenvalue weighted by atomic mass is 79.9. The van der Waals surface area contributed by atoms with Gasteiger partial charge >= 0.3 is 0 Å². The van der Waals surface area contributed by atoms with E-state index < -0.39 is 0 Å². The first kappa shape index (κ1) is 23.4. The van der Waals surface area contributed by atoms with E-state index >= 15 is 0 Å². The number of anilines is 2. The average Bonchev–Trinajstić information content (AvgIpc) is 3.17. The van der Waals surface area contributed by atoms with Crippen LogP contribution in [0.1, 0.15) is 39.0 Å². The summed E-state index contributed by atoms with van der Waals surface area (Å²) in [5, 5.41) is 12.5. The number of carbonyl (C=O) groups is 1. The van der Waals surface area contributed by atoms with Crippen LogP contribution in [0.15, 0.2) is 35.2 Å². The van der Waals surface area contributed by atoms with Gasteiger partial charge < -0.3 is 15.5 Å². The summed E-state index contributed by atoms with van der Waals surface area (Å²) in [5.74, 6) is 1.39. The summed E-state index contributed by atoms with van der Waals surface area (Å²) in [6, 6.07) is 6.19. The lowest BCUT2D eigenvalue weighted by Gasteiger charge is -2.30. The zero-order valence-corrected chi connectivity index (χ0v) is 21.4. The molecule has 4 heterocycles. The summed E-state index contributed by atoms with van der Waals surface area (Å²) >= 11 is 3.55. The molecule has 0 aliphatic carbocycles. The second kappa shape index (κ2) is 10.1. The molecule has 0 radical (unpaired) electrons. The Bertz CT molecular complexity index is 1370. The number of halogens is 1. The van der Waals surface area contributed by atoms with E-state index in [0.717, 1.165) is 60.3 Å². The molecular formula is C24H28BrN9O. The van der Waals surface area contributed by atoms with Crippen LogP contribution < -0.4 is 15.5 Å². The maximum atomic E-state index is 11.5. The van der Waals surface area contributed by atoms with Crippen molar-refractivity contribution >= 4 is 55.7 Å². The monoisotopic (exact) mass is 537 g/mol. The SMILES string of the molecule is CC[C@@H](CCCC(=O)NC)Nc1ncc2c(Br)nn(-c3ccc4nc(N5CCC5)ncc4c3)c2n1. The summed E-state index contributed by atoms with van der Waals surface area (Å²) in [4.78, 5) is 32.2. The number of hydrogen-bond acceptors (Lipinski definition) is 8. The van der Waals surface area contributed by atoms with Crippen molar-refractivity contribution in [3.05, 3.63) is 35.2 Å². The van der Waals surface area contributed by atoms with Gasteiger partial charge in [-0.2, -0.15) is 10.1 Å².